The van der Waals surface area contributed by atoms with E-state index in [1.54, 1.807) is 31.0 Å². The smallest absolute Gasteiger partial charge is 0.293 e. The third-order valence-electron chi connectivity index (χ3n) is 3.53. The van der Waals surface area contributed by atoms with Crippen LogP contribution in [0.2, 0.25) is 5.02 Å². The molecule has 0 radical (unpaired) electrons. The monoisotopic (exact) mass is 365 g/mol. The molecular formula is C17H17ClFN3O3. The van der Waals surface area contributed by atoms with Crippen LogP contribution >= 0.6 is 11.6 Å². The lowest BCUT2D eigenvalue weighted by atomic mass is 10.2. The first-order chi connectivity index (χ1) is 11.8. The first-order valence-corrected chi connectivity index (χ1v) is 7.82. The van der Waals surface area contributed by atoms with Gasteiger partial charge >= 0.3 is 0 Å². The van der Waals surface area contributed by atoms with Gasteiger partial charge in [0.05, 0.1) is 11.5 Å². The molecule has 132 valence electrons. The lowest BCUT2D eigenvalue weighted by Gasteiger charge is -2.17. The van der Waals surface area contributed by atoms with Crippen molar-refractivity contribution in [3.05, 3.63) is 68.5 Å². The van der Waals surface area contributed by atoms with Crippen LogP contribution in [-0.2, 0) is 11.3 Å². The summed E-state index contributed by atoms with van der Waals surface area (Å²) in [6, 6.07) is 8.92. The van der Waals surface area contributed by atoms with Gasteiger partial charge in [-0.05, 0) is 37.7 Å². The summed E-state index contributed by atoms with van der Waals surface area (Å²) >= 11 is 5.97. The van der Waals surface area contributed by atoms with E-state index < -0.39 is 16.6 Å². The number of hydrogen-bond acceptors (Lipinski definition) is 4. The minimum absolute atomic E-state index is 0.0737. The highest BCUT2D eigenvalue weighted by Crippen LogP contribution is 2.25. The topological polar surface area (TPSA) is 75.5 Å². The summed E-state index contributed by atoms with van der Waals surface area (Å²) in [7, 11) is 1.63. The molecule has 0 unspecified atom stereocenters. The SMILES string of the molecule is Cc1ccc(NC(=O)CN(C)Cc2c(F)cccc2Cl)c([N+](=O)[O-])c1. The van der Waals surface area contributed by atoms with E-state index in [1.807, 2.05) is 0 Å². The fraction of sp³-hybridized carbons (Fsp3) is 0.235. The molecule has 25 heavy (non-hydrogen) atoms. The Bertz CT molecular complexity index is 793. The maximum Gasteiger partial charge on any atom is 0.293 e. The molecule has 0 aliphatic heterocycles. The number of benzene rings is 2. The number of nitro benzene ring substituents is 1. The number of amides is 1. The number of hydrogen-bond donors (Lipinski definition) is 1. The summed E-state index contributed by atoms with van der Waals surface area (Å²) in [5, 5.41) is 13.9. The van der Waals surface area contributed by atoms with Crippen molar-refractivity contribution in [2.75, 3.05) is 18.9 Å². The molecule has 1 amide bonds. The Kier molecular flexibility index (Phi) is 6.06. The Morgan fingerprint density at radius 2 is 2.08 bits per heavy atom. The number of nitro groups is 1. The molecule has 0 bridgehead atoms. The highest BCUT2D eigenvalue weighted by molar-refractivity contribution is 6.31. The van der Waals surface area contributed by atoms with Crippen molar-refractivity contribution in [3.8, 4) is 0 Å². The molecule has 2 aromatic carbocycles. The maximum absolute atomic E-state index is 13.8. The van der Waals surface area contributed by atoms with Crippen LogP contribution < -0.4 is 5.32 Å². The molecule has 0 aliphatic carbocycles. The average molecular weight is 366 g/mol. The number of rotatable bonds is 6. The van der Waals surface area contributed by atoms with Crippen LogP contribution in [-0.4, -0.2) is 29.3 Å². The van der Waals surface area contributed by atoms with E-state index in [1.165, 1.54) is 24.3 Å². The van der Waals surface area contributed by atoms with Gasteiger partial charge in [0.2, 0.25) is 5.91 Å². The van der Waals surface area contributed by atoms with E-state index in [0.29, 0.717) is 5.56 Å². The molecule has 0 fully saturated rings. The second-order valence-electron chi connectivity index (χ2n) is 5.70. The molecular weight excluding hydrogens is 349 g/mol. The van der Waals surface area contributed by atoms with E-state index in [2.05, 4.69) is 5.32 Å². The lowest BCUT2D eigenvalue weighted by Crippen LogP contribution is -2.30. The van der Waals surface area contributed by atoms with E-state index >= 15 is 0 Å². The Labute approximate surface area is 149 Å². The molecule has 2 aromatic rings. The Morgan fingerprint density at radius 3 is 2.72 bits per heavy atom. The van der Waals surface area contributed by atoms with Gasteiger partial charge < -0.3 is 5.32 Å². The van der Waals surface area contributed by atoms with E-state index in [-0.39, 0.29) is 29.5 Å². The molecule has 8 heteroatoms. The van der Waals surface area contributed by atoms with Gasteiger partial charge in [-0.1, -0.05) is 23.7 Å². The predicted octanol–water partition coefficient (Wildman–Crippen LogP) is 3.77. The summed E-state index contributed by atoms with van der Waals surface area (Å²) < 4.78 is 13.8. The zero-order valence-corrected chi connectivity index (χ0v) is 14.5. The van der Waals surface area contributed by atoms with Crippen LogP contribution in [0, 0.1) is 22.9 Å². The third-order valence-corrected chi connectivity index (χ3v) is 3.88. The van der Waals surface area contributed by atoms with Gasteiger partial charge in [-0.25, -0.2) is 4.39 Å². The van der Waals surface area contributed by atoms with E-state index in [0.717, 1.165) is 5.56 Å². The quantitative estimate of drug-likeness (QED) is 0.624. The van der Waals surface area contributed by atoms with Crippen molar-refractivity contribution in [1.82, 2.24) is 4.90 Å². The van der Waals surface area contributed by atoms with Crippen molar-refractivity contribution in [2.24, 2.45) is 0 Å². The molecule has 0 atom stereocenters. The number of carbonyl (C=O) groups is 1. The first kappa shape index (κ1) is 18.8. The number of carbonyl (C=O) groups excluding carboxylic acids is 1. The van der Waals surface area contributed by atoms with Gasteiger partial charge in [0.25, 0.3) is 5.69 Å². The number of nitrogens with zero attached hydrogens (tertiary/aromatic N) is 2. The largest absolute Gasteiger partial charge is 0.319 e. The number of aryl methyl sites for hydroxylation is 1. The molecule has 0 spiro atoms. The Hall–Kier alpha value is -2.51. The Balaban J connectivity index is 2.04. The summed E-state index contributed by atoms with van der Waals surface area (Å²) in [4.78, 5) is 24.2. The summed E-state index contributed by atoms with van der Waals surface area (Å²) in [5.74, 6) is -0.893. The Morgan fingerprint density at radius 1 is 1.36 bits per heavy atom. The normalized spacial score (nSPS) is 10.8. The third kappa shape index (κ3) is 4.98. The summed E-state index contributed by atoms with van der Waals surface area (Å²) in [5.41, 5.74) is 0.961. The van der Waals surface area contributed by atoms with Crippen LogP contribution in [0.25, 0.3) is 0 Å². The fourth-order valence-corrected chi connectivity index (χ4v) is 2.57. The zero-order chi connectivity index (χ0) is 18.6. The van der Waals surface area contributed by atoms with Crippen molar-refractivity contribution >= 4 is 28.9 Å². The van der Waals surface area contributed by atoms with Crippen LogP contribution in [0.4, 0.5) is 15.8 Å². The van der Waals surface area contributed by atoms with Gasteiger partial charge in [0.1, 0.15) is 11.5 Å². The molecule has 0 saturated carbocycles. The van der Waals surface area contributed by atoms with Gasteiger partial charge in [0, 0.05) is 23.2 Å². The molecule has 2 rings (SSSR count). The van der Waals surface area contributed by atoms with Crippen LogP contribution in [0.1, 0.15) is 11.1 Å². The molecule has 1 N–H and O–H groups in total. The number of likely N-dealkylation sites (N-methyl/N-ethyl adjacent to an activating group) is 1. The summed E-state index contributed by atoms with van der Waals surface area (Å²) in [6.45, 7) is 1.79. The van der Waals surface area contributed by atoms with Crippen LogP contribution in [0.5, 0.6) is 0 Å². The van der Waals surface area contributed by atoms with Crippen LogP contribution in [0.15, 0.2) is 36.4 Å². The predicted molar refractivity (Wildman–Crippen MR) is 94.2 cm³/mol. The van der Waals surface area contributed by atoms with E-state index in [4.69, 9.17) is 11.6 Å². The second-order valence-corrected chi connectivity index (χ2v) is 6.11. The summed E-state index contributed by atoms with van der Waals surface area (Å²) in [6.07, 6.45) is 0. The lowest BCUT2D eigenvalue weighted by molar-refractivity contribution is -0.384. The van der Waals surface area contributed by atoms with Gasteiger partial charge in [-0.15, -0.1) is 0 Å². The van der Waals surface area contributed by atoms with E-state index in [9.17, 15) is 19.3 Å². The van der Waals surface area contributed by atoms with Crippen LogP contribution in [0.3, 0.4) is 0 Å². The minimum atomic E-state index is -0.550. The number of nitrogens with one attached hydrogen (secondary N) is 1. The van der Waals surface area contributed by atoms with Gasteiger partial charge in [-0.3, -0.25) is 19.8 Å². The van der Waals surface area contributed by atoms with Crippen molar-refractivity contribution in [3.63, 3.8) is 0 Å². The molecule has 0 heterocycles. The molecule has 6 nitrogen and oxygen atoms in total. The van der Waals surface area contributed by atoms with Crippen molar-refractivity contribution in [2.45, 2.75) is 13.5 Å². The number of anilines is 1. The molecule has 0 saturated heterocycles. The molecule has 0 aliphatic rings. The highest BCUT2D eigenvalue weighted by atomic mass is 35.5. The minimum Gasteiger partial charge on any atom is -0.319 e. The van der Waals surface area contributed by atoms with Gasteiger partial charge in [-0.2, -0.15) is 0 Å². The second kappa shape index (κ2) is 8.04. The number of halogens is 2. The fourth-order valence-electron chi connectivity index (χ4n) is 2.34. The maximum atomic E-state index is 13.8. The standard InChI is InChI=1S/C17H17ClFN3O3/c1-11-6-7-15(16(8-11)22(24)25)20-17(23)10-21(2)9-12-13(18)4-3-5-14(12)19/h3-8H,9-10H2,1-2H3,(H,20,23). The average Bonchev–Trinajstić information content (AvgIpc) is 2.52. The zero-order valence-electron chi connectivity index (χ0n) is 13.8. The molecule has 0 aromatic heterocycles. The highest BCUT2D eigenvalue weighted by Gasteiger charge is 2.17. The van der Waals surface area contributed by atoms with Crippen molar-refractivity contribution in [1.29, 1.82) is 0 Å². The van der Waals surface area contributed by atoms with Gasteiger partial charge in [0.15, 0.2) is 0 Å². The van der Waals surface area contributed by atoms with Crippen molar-refractivity contribution < 1.29 is 14.1 Å². The first-order valence-electron chi connectivity index (χ1n) is 7.44.